The fourth-order valence-electron chi connectivity index (χ4n) is 1.64. The van der Waals surface area contributed by atoms with Crippen molar-refractivity contribution in [3.8, 4) is 0 Å². The van der Waals surface area contributed by atoms with Gasteiger partial charge in [0.25, 0.3) is 0 Å². The van der Waals surface area contributed by atoms with Crippen LogP contribution in [0.15, 0.2) is 27.7 Å². The maximum atomic E-state index is 11.9. The van der Waals surface area contributed by atoms with Gasteiger partial charge in [-0.2, -0.15) is 0 Å². The summed E-state index contributed by atoms with van der Waals surface area (Å²) < 4.78 is 2.29. The maximum Gasteiger partial charge on any atom is 0.341 e. The molecule has 0 spiro atoms. The van der Waals surface area contributed by atoms with E-state index in [1.54, 1.807) is 16.8 Å². The second kappa shape index (κ2) is 4.29. The van der Waals surface area contributed by atoms with Crippen LogP contribution in [0.4, 0.5) is 0 Å². The van der Waals surface area contributed by atoms with Crippen molar-refractivity contribution >= 4 is 32.9 Å². The molecule has 0 aliphatic carbocycles. The maximum absolute atomic E-state index is 11.9. The molecule has 0 bridgehead atoms. The molecule has 0 unspecified atom stereocenters. The smallest absolute Gasteiger partial charge is 0.341 e. The van der Waals surface area contributed by atoms with E-state index in [9.17, 15) is 9.59 Å². The lowest BCUT2D eigenvalue weighted by molar-refractivity contribution is 0.0695. The van der Waals surface area contributed by atoms with Crippen molar-refractivity contribution in [1.29, 1.82) is 0 Å². The summed E-state index contributed by atoms with van der Waals surface area (Å²) in [7, 11) is 0. The molecule has 6 heteroatoms. The fourth-order valence-corrected chi connectivity index (χ4v) is 1.97. The SMILES string of the molecule is CCn1cc(C(=O)O)c(=O)c2cc(Br)cnc21. The van der Waals surface area contributed by atoms with E-state index in [-0.39, 0.29) is 5.56 Å². The highest BCUT2D eigenvalue weighted by atomic mass is 79.9. The lowest BCUT2D eigenvalue weighted by atomic mass is 10.2. The van der Waals surface area contributed by atoms with Crippen LogP contribution in [0, 0.1) is 0 Å². The van der Waals surface area contributed by atoms with Gasteiger partial charge in [0.05, 0.1) is 5.39 Å². The Labute approximate surface area is 105 Å². The first-order chi connectivity index (χ1) is 8.04. The predicted molar refractivity (Wildman–Crippen MR) is 66.3 cm³/mol. The van der Waals surface area contributed by atoms with Gasteiger partial charge in [0, 0.05) is 23.4 Å². The number of carboxylic acids is 1. The van der Waals surface area contributed by atoms with E-state index in [0.29, 0.717) is 22.1 Å². The first-order valence-electron chi connectivity index (χ1n) is 4.96. The minimum absolute atomic E-state index is 0.237. The van der Waals surface area contributed by atoms with Gasteiger partial charge in [0.1, 0.15) is 11.2 Å². The number of hydrogen-bond donors (Lipinski definition) is 1. The van der Waals surface area contributed by atoms with E-state index in [4.69, 9.17) is 5.11 Å². The predicted octanol–water partition coefficient (Wildman–Crippen LogP) is 1.88. The van der Waals surface area contributed by atoms with Crippen LogP contribution in [0.25, 0.3) is 11.0 Å². The molecule has 0 amide bonds. The van der Waals surface area contributed by atoms with Crippen LogP contribution in [-0.2, 0) is 6.54 Å². The van der Waals surface area contributed by atoms with E-state index in [0.717, 1.165) is 0 Å². The number of rotatable bonds is 2. The van der Waals surface area contributed by atoms with Gasteiger partial charge in [-0.3, -0.25) is 4.79 Å². The minimum Gasteiger partial charge on any atom is -0.477 e. The average molecular weight is 297 g/mol. The Balaban J connectivity index is 2.96. The van der Waals surface area contributed by atoms with Gasteiger partial charge in [-0.1, -0.05) is 0 Å². The van der Waals surface area contributed by atoms with Gasteiger partial charge in [0.15, 0.2) is 0 Å². The first kappa shape index (κ1) is 11.8. The van der Waals surface area contributed by atoms with Gasteiger partial charge in [0.2, 0.25) is 5.43 Å². The van der Waals surface area contributed by atoms with E-state index >= 15 is 0 Å². The number of carboxylic acid groups (broad SMARTS) is 1. The summed E-state index contributed by atoms with van der Waals surface area (Å²) >= 11 is 3.22. The van der Waals surface area contributed by atoms with Crippen LogP contribution in [0.3, 0.4) is 0 Å². The molecule has 2 heterocycles. The zero-order valence-corrected chi connectivity index (χ0v) is 10.6. The third kappa shape index (κ3) is 1.95. The molecule has 0 fully saturated rings. The zero-order chi connectivity index (χ0) is 12.6. The molecule has 17 heavy (non-hydrogen) atoms. The molecule has 0 saturated heterocycles. The Morgan fingerprint density at radius 1 is 1.59 bits per heavy atom. The summed E-state index contributed by atoms with van der Waals surface area (Å²) in [5.41, 5.74) is -0.254. The molecule has 2 rings (SSSR count). The van der Waals surface area contributed by atoms with E-state index < -0.39 is 11.4 Å². The van der Waals surface area contributed by atoms with Crippen LogP contribution < -0.4 is 5.43 Å². The van der Waals surface area contributed by atoms with Crippen molar-refractivity contribution in [3.05, 3.63) is 38.7 Å². The summed E-state index contributed by atoms with van der Waals surface area (Å²) in [6, 6.07) is 1.59. The molecule has 88 valence electrons. The first-order valence-corrected chi connectivity index (χ1v) is 5.76. The summed E-state index contributed by atoms with van der Waals surface area (Å²) in [6.07, 6.45) is 2.91. The van der Waals surface area contributed by atoms with Gasteiger partial charge in [-0.15, -0.1) is 0 Å². The Kier molecular flexibility index (Phi) is 2.97. The number of nitrogens with zero attached hydrogens (tertiary/aromatic N) is 2. The summed E-state index contributed by atoms with van der Waals surface area (Å²) in [6.45, 7) is 2.41. The number of halogens is 1. The quantitative estimate of drug-likeness (QED) is 0.918. The lowest BCUT2D eigenvalue weighted by Crippen LogP contribution is -2.19. The molecule has 2 aromatic rings. The van der Waals surface area contributed by atoms with Crippen molar-refractivity contribution < 1.29 is 9.90 Å². The molecule has 2 aromatic heterocycles. The third-order valence-electron chi connectivity index (χ3n) is 2.45. The Morgan fingerprint density at radius 3 is 2.88 bits per heavy atom. The van der Waals surface area contributed by atoms with E-state index in [1.165, 1.54) is 6.20 Å². The second-order valence-electron chi connectivity index (χ2n) is 3.49. The van der Waals surface area contributed by atoms with Crippen LogP contribution >= 0.6 is 15.9 Å². The number of aromatic carboxylic acids is 1. The van der Waals surface area contributed by atoms with Crippen molar-refractivity contribution in [2.75, 3.05) is 0 Å². The number of carbonyl (C=O) groups is 1. The largest absolute Gasteiger partial charge is 0.477 e. The highest BCUT2D eigenvalue weighted by molar-refractivity contribution is 9.10. The number of fused-ring (bicyclic) bond motifs is 1. The van der Waals surface area contributed by atoms with E-state index in [2.05, 4.69) is 20.9 Å². The minimum atomic E-state index is -1.22. The number of pyridine rings is 2. The van der Waals surface area contributed by atoms with Gasteiger partial charge in [-0.25, -0.2) is 9.78 Å². The molecule has 0 saturated carbocycles. The highest BCUT2D eigenvalue weighted by Gasteiger charge is 2.14. The van der Waals surface area contributed by atoms with Crippen molar-refractivity contribution in [1.82, 2.24) is 9.55 Å². The summed E-state index contributed by atoms with van der Waals surface area (Å²) in [4.78, 5) is 27.0. The summed E-state index contributed by atoms with van der Waals surface area (Å²) in [5.74, 6) is -1.22. The molecule has 0 aromatic carbocycles. The van der Waals surface area contributed by atoms with E-state index in [1.807, 2.05) is 6.92 Å². The topological polar surface area (TPSA) is 72.2 Å². The fraction of sp³-hybridized carbons (Fsp3) is 0.182. The van der Waals surface area contributed by atoms with Gasteiger partial charge < -0.3 is 9.67 Å². The molecule has 1 N–H and O–H groups in total. The highest BCUT2D eigenvalue weighted by Crippen LogP contribution is 2.15. The van der Waals surface area contributed by atoms with Crippen LogP contribution in [0.2, 0.25) is 0 Å². The van der Waals surface area contributed by atoms with Crippen molar-refractivity contribution in [2.45, 2.75) is 13.5 Å². The van der Waals surface area contributed by atoms with Gasteiger partial charge in [-0.05, 0) is 28.9 Å². The number of aromatic nitrogens is 2. The molecule has 0 atom stereocenters. The summed E-state index contributed by atoms with van der Waals surface area (Å²) in [5, 5.41) is 9.28. The third-order valence-corrected chi connectivity index (χ3v) is 2.88. The van der Waals surface area contributed by atoms with Crippen LogP contribution in [0.1, 0.15) is 17.3 Å². The normalized spacial score (nSPS) is 10.7. The number of aryl methyl sites for hydroxylation is 1. The zero-order valence-electron chi connectivity index (χ0n) is 8.98. The Hall–Kier alpha value is -1.69. The van der Waals surface area contributed by atoms with Crippen molar-refractivity contribution in [3.63, 3.8) is 0 Å². The molecular weight excluding hydrogens is 288 g/mol. The molecule has 0 aliphatic rings. The Bertz CT molecular complexity index is 664. The molecule has 5 nitrogen and oxygen atoms in total. The molecule has 0 aliphatic heterocycles. The average Bonchev–Trinajstić information content (AvgIpc) is 2.29. The molecular formula is C11H9BrN2O3. The molecule has 0 radical (unpaired) electrons. The van der Waals surface area contributed by atoms with Crippen LogP contribution in [-0.4, -0.2) is 20.6 Å². The Morgan fingerprint density at radius 2 is 2.29 bits per heavy atom. The van der Waals surface area contributed by atoms with Crippen LogP contribution in [0.5, 0.6) is 0 Å². The second-order valence-corrected chi connectivity index (χ2v) is 4.40. The standard InChI is InChI=1S/C11H9BrN2O3/c1-2-14-5-8(11(16)17)9(15)7-3-6(12)4-13-10(7)14/h3-5H,2H2,1H3,(H,16,17). The van der Waals surface area contributed by atoms with Gasteiger partial charge >= 0.3 is 5.97 Å². The van der Waals surface area contributed by atoms with Crippen molar-refractivity contribution in [2.24, 2.45) is 0 Å². The monoisotopic (exact) mass is 296 g/mol. The lowest BCUT2D eigenvalue weighted by Gasteiger charge is -2.08. The number of hydrogen-bond acceptors (Lipinski definition) is 3.